The predicted octanol–water partition coefficient (Wildman–Crippen LogP) is 1.44. The van der Waals surface area contributed by atoms with Gasteiger partial charge in [0.05, 0.1) is 12.7 Å². The monoisotopic (exact) mass is 339 g/mol. The number of morpholine rings is 1. The highest BCUT2D eigenvalue weighted by Gasteiger charge is 2.32. The van der Waals surface area contributed by atoms with Crippen molar-refractivity contribution in [3.05, 3.63) is 28.5 Å². The minimum atomic E-state index is -0.162. The molecule has 2 atom stereocenters. The van der Waals surface area contributed by atoms with Crippen LogP contribution in [0.3, 0.4) is 0 Å². The van der Waals surface area contributed by atoms with E-state index >= 15 is 0 Å². The molecule has 20 heavy (non-hydrogen) atoms. The summed E-state index contributed by atoms with van der Waals surface area (Å²) in [4.78, 5) is 18.6. The van der Waals surface area contributed by atoms with E-state index < -0.39 is 0 Å². The van der Waals surface area contributed by atoms with E-state index in [1.165, 1.54) is 12.8 Å². The average molecular weight is 340 g/mol. The van der Waals surface area contributed by atoms with Crippen LogP contribution in [0.25, 0.3) is 0 Å². The van der Waals surface area contributed by atoms with Gasteiger partial charge in [-0.25, -0.2) is 4.98 Å². The first-order chi connectivity index (χ1) is 9.74. The van der Waals surface area contributed by atoms with Crippen molar-refractivity contribution in [2.45, 2.75) is 25.0 Å². The molecule has 0 saturated carbocycles. The quantitative estimate of drug-likeness (QED) is 0.905. The molecule has 0 bridgehead atoms. The molecule has 1 aromatic heterocycles. The second kappa shape index (κ2) is 6.20. The fraction of sp³-hybridized carbons (Fsp3) is 0.571. The molecule has 1 amide bonds. The van der Waals surface area contributed by atoms with Gasteiger partial charge >= 0.3 is 0 Å². The zero-order valence-electron chi connectivity index (χ0n) is 11.2. The van der Waals surface area contributed by atoms with Crippen molar-refractivity contribution in [1.29, 1.82) is 0 Å². The molecule has 2 aliphatic rings. The first-order valence-corrected chi connectivity index (χ1v) is 7.77. The zero-order valence-corrected chi connectivity index (χ0v) is 12.8. The first-order valence-electron chi connectivity index (χ1n) is 6.98. The van der Waals surface area contributed by atoms with E-state index in [2.05, 4.69) is 31.1 Å². The molecule has 0 aromatic carbocycles. The largest absolute Gasteiger partial charge is 0.373 e. The Labute approximate surface area is 126 Å². The molecule has 2 fully saturated rings. The third kappa shape index (κ3) is 3.02. The number of fused-ring (bicyclic) bond motifs is 1. The van der Waals surface area contributed by atoms with Crippen molar-refractivity contribution in [3.63, 3.8) is 0 Å². The lowest BCUT2D eigenvalue weighted by Gasteiger charge is -2.35. The number of carbonyl (C=O) groups is 1. The number of rotatable bonds is 3. The lowest BCUT2D eigenvalue weighted by molar-refractivity contribution is -0.0462. The molecule has 1 N–H and O–H groups in total. The number of hydrogen-bond acceptors (Lipinski definition) is 4. The number of amides is 1. The fourth-order valence-electron chi connectivity index (χ4n) is 2.85. The number of aromatic nitrogens is 1. The van der Waals surface area contributed by atoms with Crippen LogP contribution in [0.5, 0.6) is 0 Å². The van der Waals surface area contributed by atoms with E-state index in [-0.39, 0.29) is 12.0 Å². The summed E-state index contributed by atoms with van der Waals surface area (Å²) in [5, 5.41) is 2.91. The number of nitrogens with zero attached hydrogens (tertiary/aromatic N) is 2. The van der Waals surface area contributed by atoms with Crippen LogP contribution in [0, 0.1) is 0 Å². The predicted molar refractivity (Wildman–Crippen MR) is 78.6 cm³/mol. The average Bonchev–Trinajstić information content (AvgIpc) is 2.92. The van der Waals surface area contributed by atoms with E-state index in [1.807, 2.05) is 6.07 Å². The molecular formula is C14H18BrN3O2. The van der Waals surface area contributed by atoms with Crippen LogP contribution >= 0.6 is 15.9 Å². The minimum Gasteiger partial charge on any atom is -0.373 e. The molecule has 6 heteroatoms. The van der Waals surface area contributed by atoms with E-state index in [0.29, 0.717) is 22.8 Å². The molecule has 2 aliphatic heterocycles. The summed E-state index contributed by atoms with van der Waals surface area (Å²) < 4.78 is 6.53. The highest BCUT2D eigenvalue weighted by molar-refractivity contribution is 9.10. The van der Waals surface area contributed by atoms with Crippen LogP contribution in [0.1, 0.15) is 23.3 Å². The molecule has 1 aromatic rings. The number of nitrogens with one attached hydrogen (secondary N) is 1. The Bertz CT molecular complexity index is 497. The SMILES string of the molecule is O=C(NCC1CN2CCCC2CO1)c1ncccc1Br. The van der Waals surface area contributed by atoms with Gasteiger partial charge in [0.2, 0.25) is 0 Å². The number of halogens is 1. The molecule has 0 aliphatic carbocycles. The maximum atomic E-state index is 12.1. The maximum Gasteiger partial charge on any atom is 0.271 e. The standard InChI is InChI=1S/C14H18BrN3O2/c15-12-4-1-5-16-13(12)14(19)17-7-11-8-18-6-2-3-10(18)9-20-11/h1,4-5,10-11H,2-3,6-9H2,(H,17,19). The van der Waals surface area contributed by atoms with Gasteiger partial charge in [-0.3, -0.25) is 9.69 Å². The van der Waals surface area contributed by atoms with Crippen LogP contribution in [0.4, 0.5) is 0 Å². The van der Waals surface area contributed by atoms with Crippen molar-refractivity contribution in [1.82, 2.24) is 15.2 Å². The van der Waals surface area contributed by atoms with Gasteiger partial charge in [-0.05, 0) is 47.4 Å². The Morgan fingerprint density at radius 1 is 1.60 bits per heavy atom. The third-order valence-electron chi connectivity index (χ3n) is 3.93. The molecule has 3 rings (SSSR count). The summed E-state index contributed by atoms with van der Waals surface area (Å²) in [5.41, 5.74) is 0.419. The molecule has 5 nitrogen and oxygen atoms in total. The second-order valence-electron chi connectivity index (χ2n) is 5.29. The van der Waals surface area contributed by atoms with Crippen LogP contribution in [-0.2, 0) is 4.74 Å². The summed E-state index contributed by atoms with van der Waals surface area (Å²) in [6.45, 7) is 3.39. The summed E-state index contributed by atoms with van der Waals surface area (Å²) in [7, 11) is 0. The van der Waals surface area contributed by atoms with Gasteiger partial charge in [-0.2, -0.15) is 0 Å². The van der Waals surface area contributed by atoms with E-state index in [9.17, 15) is 4.79 Å². The van der Waals surface area contributed by atoms with Gasteiger partial charge in [-0.15, -0.1) is 0 Å². The number of pyridine rings is 1. The smallest absolute Gasteiger partial charge is 0.271 e. The highest BCUT2D eigenvalue weighted by Crippen LogP contribution is 2.22. The van der Waals surface area contributed by atoms with Gasteiger partial charge in [0.15, 0.2) is 0 Å². The van der Waals surface area contributed by atoms with Gasteiger partial charge in [-0.1, -0.05) is 0 Å². The van der Waals surface area contributed by atoms with Crippen molar-refractivity contribution in [3.8, 4) is 0 Å². The Morgan fingerprint density at radius 2 is 2.50 bits per heavy atom. The van der Waals surface area contributed by atoms with Crippen molar-refractivity contribution >= 4 is 21.8 Å². The summed E-state index contributed by atoms with van der Waals surface area (Å²) in [6, 6.07) is 4.19. The Hall–Kier alpha value is -0.980. The van der Waals surface area contributed by atoms with E-state index in [4.69, 9.17) is 4.74 Å². The summed E-state index contributed by atoms with van der Waals surface area (Å²) in [5.74, 6) is -0.162. The summed E-state index contributed by atoms with van der Waals surface area (Å²) in [6.07, 6.45) is 4.19. The lowest BCUT2D eigenvalue weighted by Crippen LogP contribution is -2.50. The normalized spacial score (nSPS) is 26.2. The molecule has 2 unspecified atom stereocenters. The molecule has 2 saturated heterocycles. The van der Waals surface area contributed by atoms with Gasteiger partial charge < -0.3 is 10.1 Å². The first kappa shape index (κ1) is 14.0. The van der Waals surface area contributed by atoms with Crippen LogP contribution in [0.15, 0.2) is 22.8 Å². The zero-order chi connectivity index (χ0) is 13.9. The van der Waals surface area contributed by atoms with Crippen LogP contribution in [0.2, 0.25) is 0 Å². The Morgan fingerprint density at radius 3 is 3.35 bits per heavy atom. The summed E-state index contributed by atoms with van der Waals surface area (Å²) >= 11 is 3.34. The molecule has 3 heterocycles. The number of carbonyl (C=O) groups excluding carboxylic acids is 1. The number of ether oxygens (including phenoxy) is 1. The molecular weight excluding hydrogens is 322 g/mol. The second-order valence-corrected chi connectivity index (χ2v) is 6.14. The van der Waals surface area contributed by atoms with Crippen LogP contribution < -0.4 is 5.32 Å². The van der Waals surface area contributed by atoms with E-state index in [0.717, 1.165) is 19.7 Å². The van der Waals surface area contributed by atoms with Gasteiger partial charge in [0.1, 0.15) is 5.69 Å². The minimum absolute atomic E-state index is 0.0794. The van der Waals surface area contributed by atoms with Crippen molar-refractivity contribution < 1.29 is 9.53 Å². The molecule has 0 radical (unpaired) electrons. The van der Waals surface area contributed by atoms with Crippen LogP contribution in [-0.4, -0.2) is 54.2 Å². The Balaban J connectivity index is 1.52. The fourth-order valence-corrected chi connectivity index (χ4v) is 3.29. The van der Waals surface area contributed by atoms with Crippen molar-refractivity contribution in [2.24, 2.45) is 0 Å². The molecule has 108 valence electrons. The number of hydrogen-bond donors (Lipinski definition) is 1. The topological polar surface area (TPSA) is 54.5 Å². The molecule has 0 spiro atoms. The lowest BCUT2D eigenvalue weighted by atomic mass is 10.2. The third-order valence-corrected chi connectivity index (χ3v) is 4.57. The highest BCUT2D eigenvalue weighted by atomic mass is 79.9. The van der Waals surface area contributed by atoms with Gasteiger partial charge in [0.25, 0.3) is 5.91 Å². The van der Waals surface area contributed by atoms with Crippen molar-refractivity contribution in [2.75, 3.05) is 26.2 Å². The van der Waals surface area contributed by atoms with Gasteiger partial charge in [0, 0.05) is 29.8 Å². The van der Waals surface area contributed by atoms with E-state index in [1.54, 1.807) is 12.3 Å². The maximum absolute atomic E-state index is 12.1. The Kier molecular flexibility index (Phi) is 4.33.